The Bertz CT molecular complexity index is 663. The number of ketones is 1. The number of ether oxygens (including phenoxy) is 1. The van der Waals surface area contributed by atoms with Crippen molar-refractivity contribution in [3.8, 4) is 5.75 Å². The van der Waals surface area contributed by atoms with Crippen molar-refractivity contribution in [2.75, 3.05) is 0 Å². The lowest BCUT2D eigenvalue weighted by atomic mass is 9.59. The smallest absolute Gasteiger partial charge is 0.326 e. The molecule has 0 fully saturated rings. The van der Waals surface area contributed by atoms with Crippen LogP contribution < -0.4 is 4.74 Å². The number of Topliss-reactive ketones (excluding diaryl/α,β-unsaturated/α-hetero) is 1. The highest BCUT2D eigenvalue weighted by atomic mass is 16.5. The zero-order valence-corrected chi connectivity index (χ0v) is 13.6. The summed E-state index contributed by atoms with van der Waals surface area (Å²) in [6.45, 7) is 11.4. The summed E-state index contributed by atoms with van der Waals surface area (Å²) in [5, 5.41) is 0. The van der Waals surface area contributed by atoms with Crippen molar-refractivity contribution in [2.24, 2.45) is 10.8 Å². The van der Waals surface area contributed by atoms with Crippen LogP contribution in [-0.4, -0.2) is 11.8 Å². The topological polar surface area (TPSA) is 43.4 Å². The molecule has 22 heavy (non-hydrogen) atoms. The average molecular weight is 298 g/mol. The van der Waals surface area contributed by atoms with Gasteiger partial charge in [-0.1, -0.05) is 43.7 Å². The summed E-state index contributed by atoms with van der Waals surface area (Å²) in [6.07, 6.45) is 3.89. The first-order valence-electron chi connectivity index (χ1n) is 7.39. The fraction of sp³-hybridized carbons (Fsp3) is 0.368. The van der Waals surface area contributed by atoms with Gasteiger partial charge < -0.3 is 4.74 Å². The molecule has 0 bridgehead atoms. The Morgan fingerprint density at radius 3 is 2.50 bits per heavy atom. The minimum atomic E-state index is -1.28. The molecule has 0 spiro atoms. The van der Waals surface area contributed by atoms with Gasteiger partial charge in [0.1, 0.15) is 11.2 Å². The van der Waals surface area contributed by atoms with Crippen LogP contribution in [0.3, 0.4) is 0 Å². The van der Waals surface area contributed by atoms with E-state index in [0.29, 0.717) is 17.7 Å². The molecule has 1 unspecified atom stereocenters. The summed E-state index contributed by atoms with van der Waals surface area (Å²) >= 11 is 0. The number of esters is 1. The molecule has 0 saturated heterocycles. The first kappa shape index (κ1) is 16.2. The van der Waals surface area contributed by atoms with Crippen LogP contribution in [0.2, 0.25) is 0 Å². The quantitative estimate of drug-likeness (QED) is 0.359. The van der Waals surface area contributed by atoms with Crippen LogP contribution in [-0.2, 0) is 4.79 Å². The molecule has 0 radical (unpaired) electrons. The molecule has 116 valence electrons. The van der Waals surface area contributed by atoms with Crippen LogP contribution >= 0.6 is 0 Å². The van der Waals surface area contributed by atoms with E-state index in [4.69, 9.17) is 4.74 Å². The van der Waals surface area contributed by atoms with Gasteiger partial charge in [-0.2, -0.15) is 0 Å². The minimum absolute atomic E-state index is 0.193. The molecule has 1 heterocycles. The molecule has 3 nitrogen and oxygen atoms in total. The van der Waals surface area contributed by atoms with E-state index in [1.807, 2.05) is 33.8 Å². The van der Waals surface area contributed by atoms with Crippen molar-refractivity contribution in [1.29, 1.82) is 0 Å². The molecular formula is C19H22O3. The molecule has 0 amide bonds. The second-order valence-corrected chi connectivity index (χ2v) is 6.53. The van der Waals surface area contributed by atoms with Gasteiger partial charge in [0.2, 0.25) is 0 Å². The van der Waals surface area contributed by atoms with Gasteiger partial charge in [0.05, 0.1) is 5.56 Å². The SMILES string of the molecule is C=CC(C)(C)C1(CC=C(C)C)C(=O)Oc2ccccc2C1=O. The highest BCUT2D eigenvalue weighted by molar-refractivity contribution is 6.17. The molecule has 1 atom stereocenters. The standard InChI is InChI=1S/C19H22O3/c1-6-18(4,5)19(12-11-13(2)3)16(20)14-9-7-8-10-15(14)22-17(19)21/h6-11H,1,12H2,2-5H3. The number of benzene rings is 1. The van der Waals surface area contributed by atoms with Gasteiger partial charge in [-0.05, 0) is 32.4 Å². The summed E-state index contributed by atoms with van der Waals surface area (Å²) in [6, 6.07) is 6.89. The van der Waals surface area contributed by atoms with E-state index < -0.39 is 16.8 Å². The number of para-hydroxylation sites is 1. The number of allylic oxidation sites excluding steroid dienone is 3. The molecular weight excluding hydrogens is 276 g/mol. The number of fused-ring (bicyclic) bond motifs is 1. The van der Waals surface area contributed by atoms with Crippen molar-refractivity contribution in [3.05, 3.63) is 54.1 Å². The van der Waals surface area contributed by atoms with E-state index in [2.05, 4.69) is 6.58 Å². The summed E-state index contributed by atoms with van der Waals surface area (Å²) in [7, 11) is 0. The number of hydrogen-bond acceptors (Lipinski definition) is 3. The second kappa shape index (κ2) is 5.56. The van der Waals surface area contributed by atoms with Crippen molar-refractivity contribution in [1.82, 2.24) is 0 Å². The van der Waals surface area contributed by atoms with Crippen LogP contribution in [0.25, 0.3) is 0 Å². The lowest BCUT2D eigenvalue weighted by Crippen LogP contribution is -2.54. The molecule has 0 saturated carbocycles. The van der Waals surface area contributed by atoms with Crippen LogP contribution in [0.4, 0.5) is 0 Å². The second-order valence-electron chi connectivity index (χ2n) is 6.53. The van der Waals surface area contributed by atoms with Gasteiger partial charge in [0.25, 0.3) is 0 Å². The molecule has 1 aliphatic rings. The largest absolute Gasteiger partial charge is 0.425 e. The summed E-state index contributed by atoms with van der Waals surface area (Å²) < 4.78 is 5.50. The van der Waals surface area contributed by atoms with Gasteiger partial charge in [-0.15, -0.1) is 6.58 Å². The van der Waals surface area contributed by atoms with Crippen molar-refractivity contribution < 1.29 is 14.3 Å². The number of carbonyl (C=O) groups excluding carboxylic acids is 2. The van der Waals surface area contributed by atoms with Gasteiger partial charge >= 0.3 is 5.97 Å². The first-order chi connectivity index (χ1) is 10.3. The minimum Gasteiger partial charge on any atom is -0.425 e. The van der Waals surface area contributed by atoms with Crippen LogP contribution in [0.15, 0.2) is 48.6 Å². The zero-order chi connectivity index (χ0) is 16.5. The van der Waals surface area contributed by atoms with Crippen molar-refractivity contribution >= 4 is 11.8 Å². The van der Waals surface area contributed by atoms with Gasteiger partial charge in [0.15, 0.2) is 5.78 Å². The Morgan fingerprint density at radius 1 is 1.27 bits per heavy atom. The fourth-order valence-corrected chi connectivity index (χ4v) is 2.78. The third-order valence-corrected chi connectivity index (χ3v) is 4.50. The maximum Gasteiger partial charge on any atom is 0.326 e. The van der Waals surface area contributed by atoms with Gasteiger partial charge in [-0.25, -0.2) is 0 Å². The van der Waals surface area contributed by atoms with Crippen LogP contribution in [0.1, 0.15) is 44.5 Å². The predicted molar refractivity (Wildman–Crippen MR) is 86.9 cm³/mol. The lowest BCUT2D eigenvalue weighted by Gasteiger charge is -2.43. The normalized spacial score (nSPS) is 20.9. The summed E-state index contributed by atoms with van der Waals surface area (Å²) in [4.78, 5) is 26.0. The Kier molecular flexibility index (Phi) is 4.10. The van der Waals surface area contributed by atoms with Crippen molar-refractivity contribution in [3.63, 3.8) is 0 Å². The van der Waals surface area contributed by atoms with E-state index in [-0.39, 0.29) is 5.78 Å². The van der Waals surface area contributed by atoms with E-state index in [1.165, 1.54) is 0 Å². The molecule has 3 heteroatoms. The number of hydrogen-bond donors (Lipinski definition) is 0. The molecule has 1 aromatic rings. The number of carbonyl (C=O) groups is 2. The molecule has 2 rings (SSSR count). The van der Waals surface area contributed by atoms with E-state index >= 15 is 0 Å². The predicted octanol–water partition coefficient (Wildman–Crippen LogP) is 4.34. The Hall–Kier alpha value is -2.16. The van der Waals surface area contributed by atoms with Crippen molar-refractivity contribution in [2.45, 2.75) is 34.1 Å². The molecule has 0 aliphatic carbocycles. The van der Waals surface area contributed by atoms with E-state index in [1.54, 1.807) is 30.3 Å². The maximum absolute atomic E-state index is 13.2. The van der Waals surface area contributed by atoms with E-state index in [9.17, 15) is 9.59 Å². The average Bonchev–Trinajstić information content (AvgIpc) is 2.47. The highest BCUT2D eigenvalue weighted by Crippen LogP contribution is 2.50. The first-order valence-corrected chi connectivity index (χ1v) is 7.39. The number of rotatable bonds is 4. The highest BCUT2D eigenvalue weighted by Gasteiger charge is 2.58. The third-order valence-electron chi connectivity index (χ3n) is 4.50. The zero-order valence-electron chi connectivity index (χ0n) is 13.6. The summed E-state index contributed by atoms with van der Waals surface area (Å²) in [5.41, 5.74) is -0.487. The van der Waals surface area contributed by atoms with Gasteiger partial charge in [0, 0.05) is 5.41 Å². The van der Waals surface area contributed by atoms with Crippen LogP contribution in [0, 0.1) is 10.8 Å². The Morgan fingerprint density at radius 2 is 1.91 bits per heavy atom. The van der Waals surface area contributed by atoms with E-state index in [0.717, 1.165) is 5.57 Å². The fourth-order valence-electron chi connectivity index (χ4n) is 2.78. The molecule has 1 aliphatic heterocycles. The molecule has 0 N–H and O–H groups in total. The monoisotopic (exact) mass is 298 g/mol. The molecule has 0 aromatic heterocycles. The lowest BCUT2D eigenvalue weighted by molar-refractivity contribution is -0.148. The Labute approximate surface area is 131 Å². The van der Waals surface area contributed by atoms with Gasteiger partial charge in [-0.3, -0.25) is 9.59 Å². The summed E-state index contributed by atoms with van der Waals surface area (Å²) in [5.74, 6) is -0.356. The van der Waals surface area contributed by atoms with Crippen LogP contribution in [0.5, 0.6) is 5.75 Å². The third kappa shape index (κ3) is 2.31. The Balaban J connectivity index is 2.68. The maximum atomic E-state index is 13.2. The molecule has 1 aromatic carbocycles.